The van der Waals surface area contributed by atoms with E-state index in [1.807, 2.05) is 6.92 Å². The second-order valence-corrected chi connectivity index (χ2v) is 10.6. The summed E-state index contributed by atoms with van der Waals surface area (Å²) in [5, 5.41) is 0. The lowest BCUT2D eigenvalue weighted by atomic mass is 9.92. The van der Waals surface area contributed by atoms with Crippen LogP contribution in [0.5, 0.6) is 0 Å². The van der Waals surface area contributed by atoms with Crippen LogP contribution in [0.15, 0.2) is 102 Å². The summed E-state index contributed by atoms with van der Waals surface area (Å²) in [7, 11) is -3.96. The van der Waals surface area contributed by atoms with Crippen molar-refractivity contribution in [3.05, 3.63) is 113 Å². The van der Waals surface area contributed by atoms with E-state index in [1.165, 1.54) is 19.1 Å². The molecule has 0 aliphatic carbocycles. The molecule has 0 spiro atoms. The van der Waals surface area contributed by atoms with Crippen molar-refractivity contribution in [3.63, 3.8) is 0 Å². The van der Waals surface area contributed by atoms with Crippen LogP contribution in [0.1, 0.15) is 29.7 Å². The molecule has 0 N–H and O–H groups in total. The standard InChI is InChI=1S/C27H25F2NO4S/c1-18-13-15-22(16-14-18)35(32,33)17-23-19(2)34-27(31)30(25(23)26(28)29)24(20-9-5-3-6-10-20)21-11-7-4-8-12-21/h3-16,19,23-24H,17H2,1-2H3. The minimum Gasteiger partial charge on any atom is -0.445 e. The molecule has 8 heteroatoms. The van der Waals surface area contributed by atoms with Gasteiger partial charge in [-0.3, -0.25) is 4.90 Å². The molecule has 5 nitrogen and oxygen atoms in total. The first-order valence-corrected chi connectivity index (χ1v) is 12.8. The van der Waals surface area contributed by atoms with Crippen molar-refractivity contribution in [2.24, 2.45) is 5.92 Å². The van der Waals surface area contributed by atoms with Gasteiger partial charge in [0.2, 0.25) is 0 Å². The van der Waals surface area contributed by atoms with Gasteiger partial charge in [-0.15, -0.1) is 0 Å². The van der Waals surface area contributed by atoms with Crippen LogP contribution < -0.4 is 0 Å². The smallest absolute Gasteiger partial charge is 0.415 e. The first kappa shape index (κ1) is 24.6. The second kappa shape index (κ2) is 10.00. The molecular formula is C27H25F2NO4S. The van der Waals surface area contributed by atoms with E-state index in [9.17, 15) is 22.0 Å². The molecule has 1 amide bonds. The van der Waals surface area contributed by atoms with Crippen LogP contribution in [0.3, 0.4) is 0 Å². The van der Waals surface area contributed by atoms with Crippen LogP contribution >= 0.6 is 0 Å². The highest BCUT2D eigenvalue weighted by molar-refractivity contribution is 7.91. The number of nitrogens with zero attached hydrogens (tertiary/aromatic N) is 1. The summed E-state index contributed by atoms with van der Waals surface area (Å²) in [6.45, 7) is 3.26. The largest absolute Gasteiger partial charge is 0.445 e. The third-order valence-electron chi connectivity index (χ3n) is 6.12. The number of carbonyl (C=O) groups excluding carboxylic acids is 1. The predicted octanol–water partition coefficient (Wildman–Crippen LogP) is 6.12. The second-order valence-electron chi connectivity index (χ2n) is 8.53. The van der Waals surface area contributed by atoms with E-state index < -0.39 is 51.5 Å². The van der Waals surface area contributed by atoms with E-state index in [-0.39, 0.29) is 4.90 Å². The molecule has 0 aromatic heterocycles. The zero-order chi connectivity index (χ0) is 25.2. The fourth-order valence-corrected chi connectivity index (χ4v) is 5.97. The van der Waals surface area contributed by atoms with Crippen molar-refractivity contribution >= 4 is 15.9 Å². The van der Waals surface area contributed by atoms with Crippen LogP contribution in [-0.2, 0) is 14.6 Å². The summed E-state index contributed by atoms with van der Waals surface area (Å²) in [4.78, 5) is 14.0. The van der Waals surface area contributed by atoms with Gasteiger partial charge < -0.3 is 4.74 Å². The van der Waals surface area contributed by atoms with Crippen molar-refractivity contribution in [3.8, 4) is 0 Å². The number of hydrogen-bond acceptors (Lipinski definition) is 4. The minimum absolute atomic E-state index is 0.0278. The zero-order valence-electron chi connectivity index (χ0n) is 19.3. The van der Waals surface area contributed by atoms with Crippen molar-refractivity contribution in [2.45, 2.75) is 30.9 Å². The van der Waals surface area contributed by atoms with E-state index >= 15 is 0 Å². The summed E-state index contributed by atoms with van der Waals surface area (Å²) in [5.74, 6) is -1.90. The number of amides is 1. The first-order valence-electron chi connectivity index (χ1n) is 11.1. The summed E-state index contributed by atoms with van der Waals surface area (Å²) in [5.41, 5.74) is 1.41. The highest BCUT2D eigenvalue weighted by Crippen LogP contribution is 2.41. The van der Waals surface area contributed by atoms with Gasteiger partial charge in [0.05, 0.1) is 28.3 Å². The van der Waals surface area contributed by atoms with Crippen molar-refractivity contribution < 1.29 is 26.7 Å². The van der Waals surface area contributed by atoms with Crippen LogP contribution in [-0.4, -0.2) is 31.3 Å². The maximum Gasteiger partial charge on any atom is 0.415 e. The molecule has 0 saturated carbocycles. The Morgan fingerprint density at radius 2 is 1.43 bits per heavy atom. The van der Waals surface area contributed by atoms with E-state index in [1.54, 1.807) is 72.8 Å². The van der Waals surface area contributed by atoms with Crippen LogP contribution in [0.2, 0.25) is 0 Å². The molecule has 35 heavy (non-hydrogen) atoms. The first-order chi connectivity index (χ1) is 16.7. The normalized spacial score (nSPS) is 18.5. The fourth-order valence-electron chi connectivity index (χ4n) is 4.33. The highest BCUT2D eigenvalue weighted by Gasteiger charge is 2.46. The molecule has 0 bridgehead atoms. The summed E-state index contributed by atoms with van der Waals surface area (Å²) in [6.07, 6.45) is -4.14. The Morgan fingerprint density at radius 3 is 1.91 bits per heavy atom. The van der Waals surface area contributed by atoms with Gasteiger partial charge in [0.25, 0.3) is 6.08 Å². The monoisotopic (exact) mass is 497 g/mol. The van der Waals surface area contributed by atoms with Gasteiger partial charge >= 0.3 is 6.09 Å². The number of hydrogen-bond donors (Lipinski definition) is 0. The molecule has 0 radical (unpaired) electrons. The quantitative estimate of drug-likeness (QED) is 0.411. The molecular weight excluding hydrogens is 472 g/mol. The molecule has 1 saturated heterocycles. The lowest BCUT2D eigenvalue weighted by molar-refractivity contribution is 0.0144. The topological polar surface area (TPSA) is 63.7 Å². The number of halogens is 2. The average molecular weight is 498 g/mol. The number of sulfone groups is 1. The zero-order valence-corrected chi connectivity index (χ0v) is 20.1. The van der Waals surface area contributed by atoms with Gasteiger partial charge in [-0.1, -0.05) is 78.4 Å². The molecule has 3 aromatic carbocycles. The lowest BCUT2D eigenvalue weighted by Crippen LogP contribution is -2.49. The number of benzene rings is 3. The van der Waals surface area contributed by atoms with Gasteiger partial charge in [-0.2, -0.15) is 8.78 Å². The Labute approximate surface area is 203 Å². The molecule has 2 atom stereocenters. The average Bonchev–Trinajstić information content (AvgIpc) is 2.83. The van der Waals surface area contributed by atoms with Crippen molar-refractivity contribution in [1.82, 2.24) is 4.90 Å². The Balaban J connectivity index is 1.82. The lowest BCUT2D eigenvalue weighted by Gasteiger charge is -2.42. The van der Waals surface area contributed by atoms with Crippen LogP contribution in [0.4, 0.5) is 13.6 Å². The Kier molecular flexibility index (Phi) is 7.03. The Bertz CT molecular complexity index is 1280. The molecule has 3 aromatic rings. The third-order valence-corrected chi connectivity index (χ3v) is 7.91. The Morgan fingerprint density at radius 1 is 0.914 bits per heavy atom. The van der Waals surface area contributed by atoms with E-state index in [2.05, 4.69) is 0 Å². The van der Waals surface area contributed by atoms with Gasteiger partial charge in [0.1, 0.15) is 6.10 Å². The molecule has 2 unspecified atom stereocenters. The van der Waals surface area contributed by atoms with Gasteiger partial charge in [-0.25, -0.2) is 13.2 Å². The summed E-state index contributed by atoms with van der Waals surface area (Å²) < 4.78 is 61.1. The summed E-state index contributed by atoms with van der Waals surface area (Å²) in [6, 6.07) is 22.8. The van der Waals surface area contributed by atoms with E-state index in [4.69, 9.17) is 4.74 Å². The summed E-state index contributed by atoms with van der Waals surface area (Å²) >= 11 is 0. The number of rotatable bonds is 6. The molecule has 1 aliphatic rings. The highest BCUT2D eigenvalue weighted by atomic mass is 32.2. The van der Waals surface area contributed by atoms with Gasteiger partial charge in [-0.05, 0) is 37.1 Å². The van der Waals surface area contributed by atoms with E-state index in [0.29, 0.717) is 11.1 Å². The number of ether oxygens (including phenoxy) is 1. The molecule has 1 fully saturated rings. The maximum absolute atomic E-state index is 14.6. The van der Waals surface area contributed by atoms with Crippen molar-refractivity contribution in [1.29, 1.82) is 0 Å². The van der Waals surface area contributed by atoms with E-state index in [0.717, 1.165) is 10.5 Å². The fraction of sp³-hybridized carbons (Fsp3) is 0.222. The predicted molar refractivity (Wildman–Crippen MR) is 128 cm³/mol. The number of aryl methyl sites for hydroxylation is 1. The maximum atomic E-state index is 14.6. The molecule has 182 valence electrons. The number of carbonyl (C=O) groups is 1. The Hall–Kier alpha value is -3.52. The van der Waals surface area contributed by atoms with Gasteiger partial charge in [0, 0.05) is 0 Å². The molecule has 4 rings (SSSR count). The van der Waals surface area contributed by atoms with Crippen molar-refractivity contribution in [2.75, 3.05) is 5.75 Å². The molecule has 1 aliphatic heterocycles. The SMILES string of the molecule is Cc1ccc(S(=O)(=O)CC2C(=C(F)F)N(C(c3ccccc3)c3ccccc3)C(=O)OC2C)cc1. The van der Waals surface area contributed by atoms with Gasteiger partial charge in [0.15, 0.2) is 9.84 Å². The third kappa shape index (κ3) is 5.12. The molecule has 1 heterocycles. The van der Waals surface area contributed by atoms with Crippen LogP contribution in [0, 0.1) is 12.8 Å². The van der Waals surface area contributed by atoms with Crippen LogP contribution in [0.25, 0.3) is 0 Å². The minimum atomic E-state index is -3.96. The number of cyclic esters (lactones) is 1.